The van der Waals surface area contributed by atoms with E-state index < -0.39 is 6.10 Å². The summed E-state index contributed by atoms with van der Waals surface area (Å²) < 4.78 is 5.52. The highest BCUT2D eigenvalue weighted by Crippen LogP contribution is 2.28. The van der Waals surface area contributed by atoms with Gasteiger partial charge in [0.25, 0.3) is 5.56 Å². The highest BCUT2D eigenvalue weighted by Gasteiger charge is 2.20. The molecule has 1 unspecified atom stereocenters. The number of nitrogens with zero attached hydrogens (tertiary/aromatic N) is 1. The van der Waals surface area contributed by atoms with E-state index in [1.54, 1.807) is 6.92 Å². The third-order valence-corrected chi connectivity index (χ3v) is 6.73. The highest BCUT2D eigenvalue weighted by molar-refractivity contribution is 7.18. The number of fused-ring (bicyclic) bond motifs is 1. The molecule has 0 saturated heterocycles. The number of nitrogens with one attached hydrogen (secondary N) is 1. The van der Waals surface area contributed by atoms with Crippen LogP contribution in [0.1, 0.15) is 56.3 Å². The molecule has 5 nitrogen and oxygen atoms in total. The summed E-state index contributed by atoms with van der Waals surface area (Å²) in [5.74, 6) is -0.0160. The average Bonchev–Trinajstić information content (AvgIpc) is 3.07. The molecule has 7 heteroatoms. The SMILES string of the molecule is CCc1sc(C(=O)OC(C)c2nc3sc(C)c(C)c3c(=O)[nH]2)cc1C. The fraction of sp³-hybridized carbons (Fsp3) is 0.389. The van der Waals surface area contributed by atoms with Crippen molar-refractivity contribution in [3.63, 3.8) is 0 Å². The van der Waals surface area contributed by atoms with Crippen molar-refractivity contribution >= 4 is 38.9 Å². The first-order chi connectivity index (χ1) is 11.8. The molecule has 0 aliphatic heterocycles. The van der Waals surface area contributed by atoms with Gasteiger partial charge in [0, 0.05) is 9.75 Å². The lowest BCUT2D eigenvalue weighted by atomic mass is 10.2. The molecule has 0 fully saturated rings. The molecule has 0 aliphatic rings. The molecule has 0 aromatic carbocycles. The number of carbonyl (C=O) groups excluding carboxylic acids is 1. The topological polar surface area (TPSA) is 72.0 Å². The molecule has 0 aliphatic carbocycles. The second-order valence-corrected chi connectivity index (χ2v) is 8.37. The van der Waals surface area contributed by atoms with Gasteiger partial charge in [-0.25, -0.2) is 9.78 Å². The predicted molar refractivity (Wildman–Crippen MR) is 102 cm³/mol. The molecule has 3 aromatic heterocycles. The Morgan fingerprint density at radius 3 is 2.68 bits per heavy atom. The summed E-state index contributed by atoms with van der Waals surface area (Å²) in [6.07, 6.45) is 0.266. The number of aryl methyl sites for hydroxylation is 4. The number of ether oxygens (including phenoxy) is 1. The van der Waals surface area contributed by atoms with Gasteiger partial charge in [-0.3, -0.25) is 4.79 Å². The number of aromatic nitrogens is 2. The van der Waals surface area contributed by atoms with Crippen LogP contribution in [0.3, 0.4) is 0 Å². The van der Waals surface area contributed by atoms with Crippen molar-refractivity contribution in [2.24, 2.45) is 0 Å². The maximum atomic E-state index is 12.4. The van der Waals surface area contributed by atoms with Crippen LogP contribution in [-0.2, 0) is 11.2 Å². The lowest BCUT2D eigenvalue weighted by molar-refractivity contribution is 0.0326. The standard InChI is InChI=1S/C18H20N2O3S2/c1-6-12-8(2)7-13(25-12)18(22)23-10(4)15-19-16(21)14-9(3)11(5)24-17(14)20-15/h7,10H,6H2,1-5H3,(H,19,20,21). The number of thiophene rings is 2. The van der Waals surface area contributed by atoms with Crippen LogP contribution in [0.2, 0.25) is 0 Å². The molecule has 3 aromatic rings. The van der Waals surface area contributed by atoms with Gasteiger partial charge in [-0.05, 0) is 51.3 Å². The largest absolute Gasteiger partial charge is 0.450 e. The monoisotopic (exact) mass is 376 g/mol. The minimum absolute atomic E-state index is 0.190. The summed E-state index contributed by atoms with van der Waals surface area (Å²) in [4.78, 5) is 35.5. The lowest BCUT2D eigenvalue weighted by Crippen LogP contribution is -2.17. The molecule has 3 rings (SSSR count). The van der Waals surface area contributed by atoms with E-state index in [-0.39, 0.29) is 11.5 Å². The molecule has 1 atom stereocenters. The van der Waals surface area contributed by atoms with Gasteiger partial charge in [-0.2, -0.15) is 0 Å². The summed E-state index contributed by atoms with van der Waals surface area (Å²) in [5, 5.41) is 0.617. The van der Waals surface area contributed by atoms with E-state index in [4.69, 9.17) is 4.74 Å². The number of rotatable bonds is 4. The van der Waals surface area contributed by atoms with Crippen LogP contribution < -0.4 is 5.56 Å². The number of hydrogen-bond acceptors (Lipinski definition) is 6. The van der Waals surface area contributed by atoms with E-state index in [2.05, 4.69) is 16.9 Å². The molecule has 0 amide bonds. The van der Waals surface area contributed by atoms with Crippen molar-refractivity contribution in [2.75, 3.05) is 0 Å². The summed E-state index contributed by atoms with van der Waals surface area (Å²) >= 11 is 2.93. The van der Waals surface area contributed by atoms with E-state index >= 15 is 0 Å². The molecular formula is C18H20N2O3S2. The smallest absolute Gasteiger partial charge is 0.349 e. The highest BCUT2D eigenvalue weighted by atomic mass is 32.1. The molecule has 1 N–H and O–H groups in total. The number of aromatic amines is 1. The summed E-state index contributed by atoms with van der Waals surface area (Å²) in [6.45, 7) is 9.65. The van der Waals surface area contributed by atoms with Crippen molar-refractivity contribution in [3.8, 4) is 0 Å². The van der Waals surface area contributed by atoms with Gasteiger partial charge >= 0.3 is 5.97 Å². The third-order valence-electron chi connectivity index (χ3n) is 4.27. The Morgan fingerprint density at radius 1 is 1.32 bits per heavy atom. The Morgan fingerprint density at radius 2 is 2.04 bits per heavy atom. The first-order valence-corrected chi connectivity index (χ1v) is 9.75. The van der Waals surface area contributed by atoms with Crippen molar-refractivity contribution < 1.29 is 9.53 Å². The quantitative estimate of drug-likeness (QED) is 0.683. The van der Waals surface area contributed by atoms with Crippen LogP contribution in [0.5, 0.6) is 0 Å². The van der Waals surface area contributed by atoms with Crippen molar-refractivity contribution in [1.82, 2.24) is 9.97 Å². The number of esters is 1. The van der Waals surface area contributed by atoms with Crippen LogP contribution in [0.25, 0.3) is 10.2 Å². The predicted octanol–water partition coefficient (Wildman–Crippen LogP) is 4.45. The Labute approximate surface area is 153 Å². The minimum atomic E-state index is -0.625. The van der Waals surface area contributed by atoms with E-state index in [1.807, 2.05) is 26.8 Å². The van der Waals surface area contributed by atoms with E-state index in [1.165, 1.54) is 27.6 Å². The Bertz CT molecular complexity index is 1010. The second-order valence-electron chi connectivity index (χ2n) is 6.03. The van der Waals surface area contributed by atoms with Crippen LogP contribution in [-0.4, -0.2) is 15.9 Å². The first kappa shape index (κ1) is 17.8. The summed E-state index contributed by atoms with van der Waals surface area (Å²) in [7, 11) is 0. The van der Waals surface area contributed by atoms with Crippen LogP contribution in [0.15, 0.2) is 10.9 Å². The van der Waals surface area contributed by atoms with Crippen molar-refractivity contribution in [2.45, 2.75) is 47.1 Å². The molecule has 0 radical (unpaired) electrons. The van der Waals surface area contributed by atoms with Crippen molar-refractivity contribution in [1.29, 1.82) is 0 Å². The van der Waals surface area contributed by atoms with E-state index in [9.17, 15) is 9.59 Å². The molecule has 132 valence electrons. The number of H-pyrrole nitrogens is 1. The molecular weight excluding hydrogens is 356 g/mol. The third kappa shape index (κ3) is 3.26. The van der Waals surface area contributed by atoms with Crippen LogP contribution >= 0.6 is 22.7 Å². The maximum absolute atomic E-state index is 12.4. The van der Waals surface area contributed by atoms with Crippen LogP contribution in [0.4, 0.5) is 0 Å². The Hall–Kier alpha value is -1.99. The van der Waals surface area contributed by atoms with Gasteiger partial charge < -0.3 is 9.72 Å². The van der Waals surface area contributed by atoms with Gasteiger partial charge in [-0.1, -0.05) is 6.92 Å². The zero-order valence-electron chi connectivity index (χ0n) is 14.9. The van der Waals surface area contributed by atoms with Gasteiger partial charge in [-0.15, -0.1) is 22.7 Å². The molecule has 25 heavy (non-hydrogen) atoms. The second kappa shape index (κ2) is 6.72. The number of carbonyl (C=O) groups is 1. The zero-order valence-corrected chi connectivity index (χ0v) is 16.5. The van der Waals surface area contributed by atoms with Crippen molar-refractivity contribution in [3.05, 3.63) is 48.0 Å². The van der Waals surface area contributed by atoms with Crippen LogP contribution in [0, 0.1) is 20.8 Å². The zero-order chi connectivity index (χ0) is 18.3. The van der Waals surface area contributed by atoms with Gasteiger partial charge in [0.2, 0.25) is 0 Å². The maximum Gasteiger partial charge on any atom is 0.349 e. The van der Waals surface area contributed by atoms with Gasteiger partial charge in [0.15, 0.2) is 11.9 Å². The Kier molecular flexibility index (Phi) is 4.79. The molecule has 0 spiro atoms. The normalized spacial score (nSPS) is 12.5. The number of hydrogen-bond donors (Lipinski definition) is 1. The molecule has 0 saturated carbocycles. The summed E-state index contributed by atoms with van der Waals surface area (Å²) in [6, 6.07) is 1.85. The van der Waals surface area contributed by atoms with Gasteiger partial charge in [0.05, 0.1) is 5.39 Å². The average molecular weight is 377 g/mol. The Balaban J connectivity index is 1.87. The van der Waals surface area contributed by atoms with Gasteiger partial charge in [0.1, 0.15) is 9.71 Å². The lowest BCUT2D eigenvalue weighted by Gasteiger charge is -2.11. The first-order valence-electron chi connectivity index (χ1n) is 8.12. The summed E-state index contributed by atoms with van der Waals surface area (Å²) in [5.41, 5.74) is 1.86. The fourth-order valence-electron chi connectivity index (χ4n) is 2.71. The van der Waals surface area contributed by atoms with E-state index in [0.717, 1.165) is 22.4 Å². The fourth-order valence-corrected chi connectivity index (χ4v) is 4.74. The van der Waals surface area contributed by atoms with E-state index in [0.29, 0.717) is 20.9 Å². The minimum Gasteiger partial charge on any atom is -0.450 e. The molecule has 3 heterocycles. The molecule has 0 bridgehead atoms.